The van der Waals surface area contributed by atoms with Crippen molar-refractivity contribution in [2.24, 2.45) is 0 Å². The van der Waals surface area contributed by atoms with Crippen molar-refractivity contribution in [2.45, 2.75) is 0 Å². The van der Waals surface area contributed by atoms with Crippen molar-refractivity contribution >= 4 is 37.1 Å². The first-order valence-corrected chi connectivity index (χ1v) is 13.2. The fourth-order valence-electron chi connectivity index (χ4n) is 3.94. The zero-order valence-electron chi connectivity index (χ0n) is 17.2. The first-order valence-electron chi connectivity index (χ1n) is 10.5. The van der Waals surface area contributed by atoms with Gasteiger partial charge < -0.3 is 0 Å². The van der Waals surface area contributed by atoms with E-state index in [1.165, 1.54) is 32.5 Å². The molecular formula is C29H23P2. The average Bonchev–Trinajstić information content (AvgIpc) is 3.31. The quantitative estimate of drug-likeness (QED) is 0.330. The van der Waals surface area contributed by atoms with Gasteiger partial charge in [-0.25, -0.2) is 0 Å². The third-order valence-corrected chi connectivity index (χ3v) is 10.5. The van der Waals surface area contributed by atoms with Gasteiger partial charge in [-0.05, 0) is 56.3 Å². The molecule has 31 heavy (non-hydrogen) atoms. The molecule has 0 bridgehead atoms. The van der Waals surface area contributed by atoms with Gasteiger partial charge in [0.2, 0.25) is 0 Å². The maximum absolute atomic E-state index is 2.35. The summed E-state index contributed by atoms with van der Waals surface area (Å²) < 4.78 is 0. The van der Waals surface area contributed by atoms with Gasteiger partial charge in [0.1, 0.15) is 0 Å². The van der Waals surface area contributed by atoms with Crippen molar-refractivity contribution < 1.29 is 0 Å². The van der Waals surface area contributed by atoms with Crippen LogP contribution >= 0.6 is 15.8 Å². The Bertz CT molecular complexity index is 897. The van der Waals surface area contributed by atoms with Gasteiger partial charge in [0, 0.05) is 11.3 Å². The van der Waals surface area contributed by atoms with Gasteiger partial charge in [0.25, 0.3) is 0 Å². The van der Waals surface area contributed by atoms with Crippen LogP contribution in [0, 0.1) is 30.6 Å². The number of hydrogen-bond acceptors (Lipinski definition) is 0. The lowest BCUT2D eigenvalue weighted by Crippen LogP contribution is -2.23. The van der Waals surface area contributed by atoms with Gasteiger partial charge in [0.15, 0.2) is 0 Å². The predicted molar refractivity (Wildman–Crippen MR) is 138 cm³/mol. The molecule has 5 radical (unpaired) electrons. The number of rotatable bonds is 6. The van der Waals surface area contributed by atoms with Crippen molar-refractivity contribution in [3.8, 4) is 0 Å². The smallest absolute Gasteiger partial charge is 0.0247 e. The van der Waals surface area contributed by atoms with Crippen LogP contribution in [0.5, 0.6) is 0 Å². The molecule has 4 aromatic carbocycles. The molecule has 4 aromatic rings. The highest BCUT2D eigenvalue weighted by atomic mass is 31.1. The zero-order valence-corrected chi connectivity index (χ0v) is 19.0. The molecule has 0 N–H and O–H groups in total. The second kappa shape index (κ2) is 9.91. The molecule has 0 unspecified atom stereocenters. The maximum atomic E-state index is 2.35. The molecule has 149 valence electrons. The summed E-state index contributed by atoms with van der Waals surface area (Å²) in [6, 6.07) is 43.9. The highest BCUT2D eigenvalue weighted by Crippen LogP contribution is 2.65. The van der Waals surface area contributed by atoms with Crippen molar-refractivity contribution in [3.05, 3.63) is 152 Å². The van der Waals surface area contributed by atoms with E-state index in [4.69, 9.17) is 0 Å². The molecule has 2 heteroatoms. The molecule has 1 aliphatic carbocycles. The Hall–Kier alpha value is -2.26. The number of hydrogen-bond donors (Lipinski definition) is 0. The molecule has 1 fully saturated rings. The molecular weight excluding hydrogens is 410 g/mol. The van der Waals surface area contributed by atoms with Crippen LogP contribution in [0.15, 0.2) is 121 Å². The van der Waals surface area contributed by atoms with Crippen LogP contribution in [0.3, 0.4) is 0 Å². The summed E-state index contributed by atoms with van der Waals surface area (Å²) in [5.74, 6) is 0. The summed E-state index contributed by atoms with van der Waals surface area (Å²) in [5, 5.41) is 5.58. The molecule has 0 atom stereocenters. The van der Waals surface area contributed by atoms with Gasteiger partial charge in [-0.15, -0.1) is 0 Å². The van der Waals surface area contributed by atoms with Crippen LogP contribution in [-0.4, -0.2) is 0 Å². The van der Waals surface area contributed by atoms with E-state index in [2.05, 4.69) is 141 Å². The van der Waals surface area contributed by atoms with Crippen LogP contribution in [0.1, 0.15) is 0 Å². The first kappa shape index (κ1) is 20.6. The maximum Gasteiger partial charge on any atom is 0.0247 e. The molecule has 5 rings (SSSR count). The summed E-state index contributed by atoms with van der Waals surface area (Å²) >= 11 is 0. The van der Waals surface area contributed by atoms with E-state index < -0.39 is 15.8 Å². The van der Waals surface area contributed by atoms with E-state index in [1.807, 2.05) is 0 Å². The first-order chi connectivity index (χ1) is 15.4. The minimum atomic E-state index is -0.627. The summed E-state index contributed by atoms with van der Waals surface area (Å²) in [5.41, 5.74) is 2.93. The van der Waals surface area contributed by atoms with Gasteiger partial charge in [-0.1, -0.05) is 121 Å². The van der Waals surface area contributed by atoms with Crippen LogP contribution in [-0.2, 0) is 0 Å². The molecule has 0 spiro atoms. The van der Waals surface area contributed by atoms with Crippen molar-refractivity contribution in [1.82, 2.24) is 0 Å². The molecule has 0 saturated heterocycles. The van der Waals surface area contributed by atoms with E-state index in [0.29, 0.717) is 0 Å². The zero-order chi connectivity index (χ0) is 20.9. The van der Waals surface area contributed by atoms with Gasteiger partial charge in [-0.3, -0.25) is 0 Å². The highest BCUT2D eigenvalue weighted by molar-refractivity contribution is 7.81. The van der Waals surface area contributed by atoms with Gasteiger partial charge >= 0.3 is 0 Å². The molecule has 0 amide bonds. The Balaban J connectivity index is 1.60. The predicted octanol–water partition coefficient (Wildman–Crippen LogP) is 5.94. The van der Waals surface area contributed by atoms with Crippen LogP contribution in [0.4, 0.5) is 0 Å². The average molecular weight is 433 g/mol. The minimum absolute atomic E-state index is 0.627. The van der Waals surface area contributed by atoms with E-state index in [0.717, 1.165) is 0 Å². The largest absolute Gasteiger partial charge is 0.0622 e. The van der Waals surface area contributed by atoms with Gasteiger partial charge in [0.05, 0.1) is 0 Å². The summed E-state index contributed by atoms with van der Waals surface area (Å²) in [6.45, 7) is 0. The molecule has 0 nitrogen and oxygen atoms in total. The summed E-state index contributed by atoms with van der Waals surface area (Å²) in [4.78, 5) is 0. The van der Waals surface area contributed by atoms with Crippen molar-refractivity contribution in [3.63, 3.8) is 0 Å². The normalized spacial score (nSPS) is 15.0. The van der Waals surface area contributed by atoms with Gasteiger partial charge in [-0.2, -0.15) is 0 Å². The monoisotopic (exact) mass is 433 g/mol. The Labute approximate surface area is 188 Å². The van der Waals surface area contributed by atoms with E-state index in [9.17, 15) is 0 Å². The molecule has 0 aliphatic heterocycles. The van der Waals surface area contributed by atoms with E-state index in [-0.39, 0.29) is 0 Å². The second-order valence-electron chi connectivity index (χ2n) is 7.31. The third-order valence-electron chi connectivity index (χ3n) is 5.31. The Morgan fingerprint density at radius 3 is 0.839 bits per heavy atom. The Kier molecular flexibility index (Phi) is 6.60. The SMILES string of the molecule is [CH]1[CH][C](P(c2ccccc2)c2ccccc2)[C](P(c2ccccc2)c2ccccc2)[CH]1. The summed E-state index contributed by atoms with van der Waals surface area (Å²) in [6.07, 6.45) is 6.94. The molecule has 0 heterocycles. The van der Waals surface area contributed by atoms with E-state index in [1.54, 1.807) is 0 Å². The second-order valence-corrected chi connectivity index (χ2v) is 11.7. The molecule has 1 saturated carbocycles. The minimum Gasteiger partial charge on any atom is -0.0622 e. The topological polar surface area (TPSA) is 0 Å². The van der Waals surface area contributed by atoms with E-state index >= 15 is 0 Å². The fraction of sp³-hybridized carbons (Fsp3) is 0. The fourth-order valence-corrected chi connectivity index (χ4v) is 9.21. The molecule has 1 aliphatic rings. The van der Waals surface area contributed by atoms with Crippen LogP contribution in [0.2, 0.25) is 0 Å². The molecule has 0 aromatic heterocycles. The lowest BCUT2D eigenvalue weighted by molar-refractivity contribution is 1.45. The summed E-state index contributed by atoms with van der Waals surface area (Å²) in [7, 11) is -1.25. The van der Waals surface area contributed by atoms with Crippen LogP contribution < -0.4 is 21.2 Å². The third kappa shape index (κ3) is 4.52. The van der Waals surface area contributed by atoms with Crippen molar-refractivity contribution in [1.29, 1.82) is 0 Å². The Morgan fingerprint density at radius 1 is 0.323 bits per heavy atom. The standard InChI is InChI=1S/C29H23P2/c1-5-14-24(15-6-1)30(25-16-7-2-8-17-25)28-22-13-23-29(28)31(26-18-9-3-10-19-26)27-20-11-4-12-21-27/h1-23H. The van der Waals surface area contributed by atoms with Crippen molar-refractivity contribution in [2.75, 3.05) is 0 Å². The number of benzene rings is 4. The Morgan fingerprint density at radius 2 is 0.581 bits per heavy atom. The van der Waals surface area contributed by atoms with Crippen LogP contribution in [0.25, 0.3) is 0 Å². The lowest BCUT2D eigenvalue weighted by atomic mass is 10.3. The highest BCUT2D eigenvalue weighted by Gasteiger charge is 2.42. The lowest BCUT2D eigenvalue weighted by Gasteiger charge is -2.34.